The van der Waals surface area contributed by atoms with E-state index in [1.54, 1.807) is 32.7 Å². The van der Waals surface area contributed by atoms with Gasteiger partial charge in [-0.15, -0.1) is 0 Å². The minimum Gasteiger partial charge on any atom is -0.493 e. The zero-order chi connectivity index (χ0) is 14.8. The van der Waals surface area contributed by atoms with Crippen LogP contribution in [-0.2, 0) is 12.8 Å². The highest BCUT2D eigenvalue weighted by atomic mass is 16.5. The van der Waals surface area contributed by atoms with Gasteiger partial charge < -0.3 is 9.47 Å². The number of methoxy groups -OCH3 is 2. The third kappa shape index (κ3) is 2.49. The molecule has 3 rings (SSSR count). The van der Waals surface area contributed by atoms with Gasteiger partial charge in [0.15, 0.2) is 17.3 Å². The summed E-state index contributed by atoms with van der Waals surface area (Å²) in [6.45, 7) is 0. The van der Waals surface area contributed by atoms with Crippen molar-refractivity contribution in [2.24, 2.45) is 5.92 Å². The fourth-order valence-electron chi connectivity index (χ4n) is 2.87. The van der Waals surface area contributed by atoms with Crippen LogP contribution in [-0.4, -0.2) is 25.0 Å². The maximum atomic E-state index is 12.6. The molecule has 0 N–H and O–H groups in total. The first-order valence-electron chi connectivity index (χ1n) is 6.91. The molecule has 0 saturated carbocycles. The number of benzene rings is 1. The van der Waals surface area contributed by atoms with Gasteiger partial charge in [-0.3, -0.25) is 9.78 Å². The summed E-state index contributed by atoms with van der Waals surface area (Å²) in [6.07, 6.45) is 5.00. The predicted molar refractivity (Wildman–Crippen MR) is 79.0 cm³/mol. The number of carbonyl (C=O) groups is 1. The van der Waals surface area contributed by atoms with Crippen LogP contribution >= 0.6 is 0 Å². The predicted octanol–water partition coefficient (Wildman–Crippen LogP) is 2.70. The molecule has 0 spiro atoms. The number of pyridine rings is 1. The summed E-state index contributed by atoms with van der Waals surface area (Å²) in [5.74, 6) is 1.45. The number of carbonyl (C=O) groups excluding carboxylic acids is 1. The van der Waals surface area contributed by atoms with Crippen molar-refractivity contribution in [3.63, 3.8) is 0 Å². The largest absolute Gasteiger partial charge is 0.493 e. The first-order chi connectivity index (χ1) is 10.2. The van der Waals surface area contributed by atoms with Crippen LogP contribution in [0.4, 0.5) is 0 Å². The Labute approximate surface area is 123 Å². The van der Waals surface area contributed by atoms with Crippen molar-refractivity contribution in [3.8, 4) is 11.5 Å². The van der Waals surface area contributed by atoms with E-state index in [1.165, 1.54) is 0 Å². The van der Waals surface area contributed by atoms with E-state index in [9.17, 15) is 4.79 Å². The molecule has 0 radical (unpaired) electrons. The molecule has 1 aliphatic carbocycles. The summed E-state index contributed by atoms with van der Waals surface area (Å²) in [4.78, 5) is 16.6. The van der Waals surface area contributed by atoms with E-state index in [0.29, 0.717) is 11.5 Å². The average molecular weight is 283 g/mol. The van der Waals surface area contributed by atoms with E-state index in [4.69, 9.17) is 9.47 Å². The molecule has 4 heteroatoms. The van der Waals surface area contributed by atoms with Crippen LogP contribution in [0.5, 0.6) is 11.5 Å². The summed E-state index contributed by atoms with van der Waals surface area (Å²) >= 11 is 0. The van der Waals surface area contributed by atoms with Gasteiger partial charge in [0.2, 0.25) is 0 Å². The van der Waals surface area contributed by atoms with Crippen molar-refractivity contribution in [1.29, 1.82) is 0 Å². The Hall–Kier alpha value is -2.36. The van der Waals surface area contributed by atoms with Crippen molar-refractivity contribution >= 4 is 5.78 Å². The first kappa shape index (κ1) is 13.6. The quantitative estimate of drug-likeness (QED) is 0.865. The lowest BCUT2D eigenvalue weighted by molar-refractivity contribution is 0.0936. The molecule has 4 nitrogen and oxygen atoms in total. The lowest BCUT2D eigenvalue weighted by Gasteiger charge is -2.09. The first-order valence-corrected chi connectivity index (χ1v) is 6.91. The third-order valence-electron chi connectivity index (χ3n) is 3.94. The van der Waals surface area contributed by atoms with Gasteiger partial charge in [-0.1, -0.05) is 0 Å². The molecule has 0 bridgehead atoms. The average Bonchev–Trinajstić information content (AvgIpc) is 2.82. The topological polar surface area (TPSA) is 48.4 Å². The smallest absolute Gasteiger partial charge is 0.167 e. The van der Waals surface area contributed by atoms with E-state index in [2.05, 4.69) is 4.98 Å². The Morgan fingerprint density at radius 3 is 2.48 bits per heavy atom. The van der Waals surface area contributed by atoms with Crippen molar-refractivity contribution in [3.05, 3.63) is 53.3 Å². The van der Waals surface area contributed by atoms with Gasteiger partial charge in [-0.25, -0.2) is 0 Å². The Balaban J connectivity index is 1.88. The number of Topliss-reactive ketones (excluding diaryl/α,β-unsaturated/α-hetero) is 1. The van der Waals surface area contributed by atoms with E-state index >= 15 is 0 Å². The highest BCUT2D eigenvalue weighted by Gasteiger charge is 2.32. The molecule has 1 heterocycles. The molecule has 0 saturated heterocycles. The summed E-state index contributed by atoms with van der Waals surface area (Å²) in [5.41, 5.74) is 2.93. The number of hydrogen-bond acceptors (Lipinski definition) is 4. The van der Waals surface area contributed by atoms with Crippen LogP contribution in [0.25, 0.3) is 0 Å². The van der Waals surface area contributed by atoms with Crippen molar-refractivity contribution in [2.45, 2.75) is 12.8 Å². The van der Waals surface area contributed by atoms with Crippen LogP contribution in [0, 0.1) is 5.92 Å². The minimum atomic E-state index is -0.0146. The summed E-state index contributed by atoms with van der Waals surface area (Å²) in [6, 6.07) is 7.62. The molecule has 1 atom stereocenters. The van der Waals surface area contributed by atoms with Gasteiger partial charge in [0.25, 0.3) is 0 Å². The molecule has 108 valence electrons. The molecule has 0 aliphatic heterocycles. The number of ketones is 1. The zero-order valence-electron chi connectivity index (χ0n) is 12.1. The molecule has 21 heavy (non-hydrogen) atoms. The summed E-state index contributed by atoms with van der Waals surface area (Å²) in [5, 5.41) is 0. The third-order valence-corrected chi connectivity index (χ3v) is 3.94. The molecule has 0 fully saturated rings. The number of nitrogens with zero attached hydrogens (tertiary/aromatic N) is 1. The van der Waals surface area contributed by atoms with Crippen LogP contribution in [0.3, 0.4) is 0 Å². The molecular formula is C17H17NO3. The summed E-state index contributed by atoms with van der Waals surface area (Å²) in [7, 11) is 3.19. The second-order valence-corrected chi connectivity index (χ2v) is 5.19. The molecule has 2 aromatic rings. The minimum absolute atomic E-state index is 0.0146. The van der Waals surface area contributed by atoms with Gasteiger partial charge in [0.1, 0.15) is 0 Å². The van der Waals surface area contributed by atoms with E-state index in [1.807, 2.05) is 18.2 Å². The SMILES string of the molecule is COc1cc2c(cc1OC)C(=O)C(Cc1ccncc1)C2. The Bertz CT molecular complexity index is 667. The number of rotatable bonds is 4. The standard InChI is InChI=1S/C17H17NO3/c1-20-15-9-12-8-13(7-11-3-5-18-6-4-11)17(19)14(12)10-16(15)21-2/h3-6,9-10,13H,7-8H2,1-2H3. The molecule has 0 amide bonds. The lowest BCUT2D eigenvalue weighted by atomic mass is 9.96. The maximum absolute atomic E-state index is 12.6. The number of hydrogen-bond donors (Lipinski definition) is 0. The van der Waals surface area contributed by atoms with Crippen LogP contribution in [0.2, 0.25) is 0 Å². The number of fused-ring (bicyclic) bond motifs is 1. The molecule has 1 aromatic heterocycles. The van der Waals surface area contributed by atoms with E-state index in [-0.39, 0.29) is 11.7 Å². The Kier molecular flexibility index (Phi) is 3.60. The highest BCUT2D eigenvalue weighted by molar-refractivity contribution is 6.03. The van der Waals surface area contributed by atoms with Gasteiger partial charge in [-0.2, -0.15) is 0 Å². The molecule has 1 unspecified atom stereocenters. The number of ether oxygens (including phenoxy) is 2. The lowest BCUT2D eigenvalue weighted by Crippen LogP contribution is -2.12. The van der Waals surface area contributed by atoms with E-state index in [0.717, 1.165) is 29.5 Å². The monoisotopic (exact) mass is 283 g/mol. The van der Waals surface area contributed by atoms with Crippen molar-refractivity contribution in [2.75, 3.05) is 14.2 Å². The fraction of sp³-hybridized carbons (Fsp3) is 0.294. The van der Waals surface area contributed by atoms with Crippen LogP contribution in [0.1, 0.15) is 21.5 Å². The molecule has 1 aliphatic rings. The van der Waals surface area contributed by atoms with Crippen molar-refractivity contribution < 1.29 is 14.3 Å². The Morgan fingerprint density at radius 2 is 1.81 bits per heavy atom. The van der Waals surface area contributed by atoms with Gasteiger partial charge >= 0.3 is 0 Å². The van der Waals surface area contributed by atoms with E-state index < -0.39 is 0 Å². The van der Waals surface area contributed by atoms with Crippen LogP contribution < -0.4 is 9.47 Å². The second-order valence-electron chi connectivity index (χ2n) is 5.19. The maximum Gasteiger partial charge on any atom is 0.167 e. The highest BCUT2D eigenvalue weighted by Crippen LogP contribution is 2.37. The molecule has 1 aromatic carbocycles. The van der Waals surface area contributed by atoms with Gasteiger partial charge in [0, 0.05) is 23.9 Å². The zero-order valence-corrected chi connectivity index (χ0v) is 12.1. The van der Waals surface area contributed by atoms with Gasteiger partial charge in [-0.05, 0) is 48.2 Å². The van der Waals surface area contributed by atoms with Crippen molar-refractivity contribution in [1.82, 2.24) is 4.98 Å². The van der Waals surface area contributed by atoms with Crippen LogP contribution in [0.15, 0.2) is 36.7 Å². The Morgan fingerprint density at radius 1 is 1.14 bits per heavy atom. The molecular weight excluding hydrogens is 266 g/mol. The summed E-state index contributed by atoms with van der Waals surface area (Å²) < 4.78 is 10.6. The second kappa shape index (κ2) is 5.56. The van der Waals surface area contributed by atoms with Gasteiger partial charge in [0.05, 0.1) is 14.2 Å². The fourth-order valence-corrected chi connectivity index (χ4v) is 2.87. The number of aromatic nitrogens is 1. The normalized spacial score (nSPS) is 16.7.